The third-order valence-corrected chi connectivity index (χ3v) is 9.09. The molecule has 6 N–H and O–H groups in total. The molecule has 15 heteroatoms. The van der Waals surface area contributed by atoms with Crippen molar-refractivity contribution in [1.82, 2.24) is 14.6 Å². The van der Waals surface area contributed by atoms with Crippen molar-refractivity contribution in [1.29, 1.82) is 0 Å². The van der Waals surface area contributed by atoms with Gasteiger partial charge in [0, 0.05) is 6.04 Å². The van der Waals surface area contributed by atoms with Crippen molar-refractivity contribution >= 4 is 26.5 Å². The van der Waals surface area contributed by atoms with Gasteiger partial charge in [-0.3, -0.25) is 9.13 Å². The third-order valence-electron chi connectivity index (χ3n) is 5.63. The number of aliphatic hydroxyl groups is 2. The van der Waals surface area contributed by atoms with Crippen LogP contribution in [0.15, 0.2) is 18.5 Å². The quantitative estimate of drug-likeness (QED) is 0.281. The van der Waals surface area contributed by atoms with Crippen molar-refractivity contribution < 1.29 is 43.3 Å². The first-order valence-corrected chi connectivity index (χ1v) is 13.7. The Labute approximate surface area is 183 Å². The Kier molecular flexibility index (Phi) is 6.75. The number of aromatic nitrogens is 3. The molecule has 1 saturated heterocycles. The minimum Gasteiger partial charge on any atom is -0.387 e. The van der Waals surface area contributed by atoms with Gasteiger partial charge in [0.2, 0.25) is 0 Å². The molecule has 178 valence electrons. The molecule has 1 aliphatic heterocycles. The fourth-order valence-electron chi connectivity index (χ4n) is 4.14. The van der Waals surface area contributed by atoms with Crippen LogP contribution < -0.4 is 5.32 Å². The normalized spacial score (nSPS) is 28.9. The molecule has 0 amide bonds. The van der Waals surface area contributed by atoms with Gasteiger partial charge < -0.3 is 39.5 Å². The Balaban J connectivity index is 1.49. The van der Waals surface area contributed by atoms with Crippen LogP contribution in [0, 0.1) is 0 Å². The van der Waals surface area contributed by atoms with E-state index in [0.717, 1.165) is 25.7 Å². The highest BCUT2D eigenvalue weighted by atomic mass is 31.2. The van der Waals surface area contributed by atoms with Crippen LogP contribution in [0.1, 0.15) is 37.5 Å². The Morgan fingerprint density at radius 2 is 1.88 bits per heavy atom. The molecule has 1 aliphatic carbocycles. The molecule has 0 aromatic carbocycles. The van der Waals surface area contributed by atoms with Crippen LogP contribution in [-0.2, 0) is 18.4 Å². The topological polar surface area (TPSA) is 196 Å². The summed E-state index contributed by atoms with van der Waals surface area (Å²) in [5, 5.41) is 28.5. The summed E-state index contributed by atoms with van der Waals surface area (Å²) < 4.78 is 34.8. The maximum Gasteiger partial charge on any atom is 0.340 e. The van der Waals surface area contributed by atoms with Gasteiger partial charge in [-0.2, -0.15) is 5.10 Å². The van der Waals surface area contributed by atoms with Gasteiger partial charge >= 0.3 is 15.2 Å². The van der Waals surface area contributed by atoms with Crippen LogP contribution >= 0.6 is 15.2 Å². The van der Waals surface area contributed by atoms with E-state index in [1.165, 1.54) is 6.33 Å². The number of fused-ring (bicyclic) bond motifs is 1. The van der Waals surface area contributed by atoms with Gasteiger partial charge in [-0.15, -0.1) is 0 Å². The van der Waals surface area contributed by atoms with E-state index in [2.05, 4.69) is 15.4 Å². The summed E-state index contributed by atoms with van der Waals surface area (Å²) >= 11 is 0. The molecule has 4 rings (SSSR count). The Hall–Kier alpha value is -1.40. The molecule has 2 aromatic rings. The molecule has 1 saturated carbocycles. The molecule has 32 heavy (non-hydrogen) atoms. The number of hydrogen-bond donors (Lipinski definition) is 6. The van der Waals surface area contributed by atoms with Crippen LogP contribution in [0.3, 0.4) is 0 Å². The predicted molar refractivity (Wildman–Crippen MR) is 111 cm³/mol. The zero-order valence-electron chi connectivity index (χ0n) is 17.0. The van der Waals surface area contributed by atoms with Gasteiger partial charge in [0.1, 0.15) is 36.3 Å². The zero-order valence-corrected chi connectivity index (χ0v) is 18.8. The minimum atomic E-state index is -4.79. The second-order valence-electron chi connectivity index (χ2n) is 8.11. The van der Waals surface area contributed by atoms with E-state index < -0.39 is 52.1 Å². The molecule has 2 fully saturated rings. The number of rotatable bonds is 8. The van der Waals surface area contributed by atoms with E-state index in [9.17, 15) is 24.2 Å². The van der Waals surface area contributed by atoms with Crippen molar-refractivity contribution in [2.24, 2.45) is 0 Å². The number of nitrogens with zero attached hydrogens (tertiary/aromatic N) is 3. The first-order chi connectivity index (χ1) is 15.0. The molecular weight excluding hydrogens is 466 g/mol. The fourth-order valence-corrected chi connectivity index (χ4v) is 6.71. The first-order valence-electron chi connectivity index (χ1n) is 10.2. The molecule has 2 aromatic heterocycles. The van der Waals surface area contributed by atoms with E-state index in [4.69, 9.17) is 19.0 Å². The summed E-state index contributed by atoms with van der Waals surface area (Å²) in [6.45, 7) is -0.644. The highest BCUT2D eigenvalue weighted by Gasteiger charge is 2.46. The van der Waals surface area contributed by atoms with Crippen molar-refractivity contribution in [2.75, 3.05) is 17.8 Å². The van der Waals surface area contributed by atoms with Crippen molar-refractivity contribution in [2.45, 2.75) is 56.1 Å². The lowest BCUT2D eigenvalue weighted by molar-refractivity contribution is -0.0203. The van der Waals surface area contributed by atoms with Gasteiger partial charge in [0.15, 0.2) is 11.7 Å². The Bertz CT molecular complexity index is 1050. The van der Waals surface area contributed by atoms with Crippen molar-refractivity contribution in [3.05, 3.63) is 24.2 Å². The zero-order chi connectivity index (χ0) is 23.1. The number of nitrogens with one attached hydrogen (secondary N) is 1. The number of hydrogen-bond acceptors (Lipinski definition) is 9. The molecule has 5 atom stereocenters. The third kappa shape index (κ3) is 5.22. The SMILES string of the molecule is O=P(O)(O)CP(=O)(O)OC[C@H]1O[C@@H](c2ccc3c(NC4CCCC4)ncnn23)[C@H](O)[C@@H]1O. The van der Waals surface area contributed by atoms with E-state index in [0.29, 0.717) is 23.1 Å². The van der Waals surface area contributed by atoms with Crippen LogP contribution in [0.4, 0.5) is 5.82 Å². The van der Waals surface area contributed by atoms with Gasteiger partial charge in [-0.05, 0) is 25.0 Å². The Morgan fingerprint density at radius 1 is 1.16 bits per heavy atom. The smallest absolute Gasteiger partial charge is 0.340 e. The van der Waals surface area contributed by atoms with Crippen LogP contribution in [0.5, 0.6) is 0 Å². The van der Waals surface area contributed by atoms with E-state index in [1.54, 1.807) is 16.6 Å². The molecule has 0 spiro atoms. The lowest BCUT2D eigenvalue weighted by Crippen LogP contribution is -2.33. The highest BCUT2D eigenvalue weighted by molar-refractivity contribution is 7.70. The second-order valence-corrected chi connectivity index (χ2v) is 12.1. The molecule has 2 aliphatic rings. The van der Waals surface area contributed by atoms with Crippen molar-refractivity contribution in [3.8, 4) is 0 Å². The van der Waals surface area contributed by atoms with E-state index in [1.807, 2.05) is 0 Å². The molecular formula is C17H26N4O9P2. The molecule has 0 bridgehead atoms. The number of ether oxygens (including phenoxy) is 1. The summed E-state index contributed by atoms with van der Waals surface area (Å²) in [4.78, 5) is 31.7. The van der Waals surface area contributed by atoms with E-state index in [-0.39, 0.29) is 0 Å². The van der Waals surface area contributed by atoms with Gasteiger partial charge in [-0.25, -0.2) is 9.50 Å². The maximum absolute atomic E-state index is 11.9. The molecule has 1 unspecified atom stereocenters. The maximum atomic E-state index is 11.9. The minimum absolute atomic E-state index is 0.325. The second kappa shape index (κ2) is 9.09. The summed E-state index contributed by atoms with van der Waals surface area (Å²) in [6.07, 6.45) is 0.730. The van der Waals surface area contributed by atoms with Crippen LogP contribution in [0.2, 0.25) is 0 Å². The van der Waals surface area contributed by atoms with Crippen molar-refractivity contribution in [3.63, 3.8) is 0 Å². The summed E-state index contributed by atoms with van der Waals surface area (Å²) in [5.74, 6) is -0.712. The van der Waals surface area contributed by atoms with Gasteiger partial charge in [0.25, 0.3) is 0 Å². The average molecular weight is 492 g/mol. The molecule has 3 heterocycles. The standard InChI is InChI=1S/C17H26N4O9P2/c22-14-13(7-29-32(27,28)9-31(24,25)26)30-16(15(14)23)11-5-6-12-17(18-8-19-21(11)12)20-10-3-1-2-4-10/h5-6,8,10,13-16,22-23H,1-4,7,9H2,(H,27,28)(H,18,19,20)(H2,24,25,26)/t13-,14-,15-,16+/m1/s1. The number of aliphatic hydroxyl groups excluding tert-OH is 2. The fraction of sp³-hybridized carbons (Fsp3) is 0.647. The summed E-state index contributed by atoms with van der Waals surface area (Å²) in [6, 6.07) is 3.77. The van der Waals surface area contributed by atoms with Gasteiger partial charge in [-0.1, -0.05) is 12.8 Å². The summed E-state index contributed by atoms with van der Waals surface area (Å²) in [7, 11) is -9.41. The van der Waals surface area contributed by atoms with E-state index >= 15 is 0 Å². The Morgan fingerprint density at radius 3 is 2.56 bits per heavy atom. The molecule has 0 radical (unpaired) electrons. The number of anilines is 1. The highest BCUT2D eigenvalue weighted by Crippen LogP contribution is 2.55. The first kappa shape index (κ1) is 23.7. The van der Waals surface area contributed by atoms with Gasteiger partial charge in [0.05, 0.1) is 12.3 Å². The molecule has 13 nitrogen and oxygen atoms in total. The lowest BCUT2D eigenvalue weighted by Gasteiger charge is -2.18. The predicted octanol–water partition coefficient (Wildman–Crippen LogP) is 0.583. The monoisotopic (exact) mass is 492 g/mol. The van der Waals surface area contributed by atoms with Crippen LogP contribution in [0.25, 0.3) is 5.52 Å². The summed E-state index contributed by atoms with van der Waals surface area (Å²) in [5.41, 5.74) is 1.11. The van der Waals surface area contributed by atoms with Crippen LogP contribution in [-0.4, -0.2) is 76.4 Å². The lowest BCUT2D eigenvalue weighted by atomic mass is 10.1. The largest absolute Gasteiger partial charge is 0.387 e. The average Bonchev–Trinajstić information content (AvgIpc) is 3.41.